The highest BCUT2D eigenvalue weighted by atomic mass is 32.2. The highest BCUT2D eigenvalue weighted by Gasteiger charge is 2.31. The SMILES string of the molecule is C=CCCCCCC(N)C1CCS(=O)(=O)C1. The summed E-state index contributed by atoms with van der Waals surface area (Å²) >= 11 is 0. The van der Waals surface area contributed by atoms with E-state index < -0.39 is 9.84 Å². The van der Waals surface area contributed by atoms with Crippen LogP contribution in [0.5, 0.6) is 0 Å². The molecule has 2 N–H and O–H groups in total. The van der Waals surface area contributed by atoms with Crippen molar-refractivity contribution in [3.05, 3.63) is 12.7 Å². The second-order valence-corrected chi connectivity index (χ2v) is 6.98. The summed E-state index contributed by atoms with van der Waals surface area (Å²) in [6.45, 7) is 3.68. The third-order valence-corrected chi connectivity index (χ3v) is 5.11. The van der Waals surface area contributed by atoms with E-state index in [1.807, 2.05) is 6.08 Å². The molecule has 1 aliphatic heterocycles. The normalized spacial score (nSPS) is 25.4. The van der Waals surface area contributed by atoms with Crippen LogP contribution < -0.4 is 5.73 Å². The van der Waals surface area contributed by atoms with Gasteiger partial charge in [0.1, 0.15) is 0 Å². The minimum atomic E-state index is -2.77. The fraction of sp³-hybridized carbons (Fsp3) is 0.833. The largest absolute Gasteiger partial charge is 0.327 e. The Morgan fingerprint density at radius 2 is 2.12 bits per heavy atom. The molecule has 0 aliphatic carbocycles. The highest BCUT2D eigenvalue weighted by molar-refractivity contribution is 7.91. The summed E-state index contributed by atoms with van der Waals surface area (Å²) in [6.07, 6.45) is 8.15. The summed E-state index contributed by atoms with van der Waals surface area (Å²) in [5.74, 6) is 0.840. The van der Waals surface area contributed by atoms with Crippen molar-refractivity contribution in [1.82, 2.24) is 0 Å². The first-order valence-electron chi connectivity index (χ1n) is 6.12. The van der Waals surface area contributed by atoms with Crippen molar-refractivity contribution >= 4 is 9.84 Å². The van der Waals surface area contributed by atoms with E-state index in [-0.39, 0.29) is 12.0 Å². The fourth-order valence-corrected chi connectivity index (χ4v) is 4.14. The van der Waals surface area contributed by atoms with Gasteiger partial charge in [-0.3, -0.25) is 0 Å². The molecule has 0 aromatic rings. The quantitative estimate of drug-likeness (QED) is 0.550. The first-order chi connectivity index (χ1) is 7.55. The predicted molar refractivity (Wildman–Crippen MR) is 68.0 cm³/mol. The van der Waals surface area contributed by atoms with Crippen LogP contribution in [0.2, 0.25) is 0 Å². The zero-order chi connectivity index (χ0) is 12.0. The van der Waals surface area contributed by atoms with Crippen LogP contribution in [0.15, 0.2) is 12.7 Å². The summed E-state index contributed by atoms with van der Waals surface area (Å²) < 4.78 is 22.6. The van der Waals surface area contributed by atoms with Gasteiger partial charge >= 0.3 is 0 Å². The monoisotopic (exact) mass is 245 g/mol. The number of sulfone groups is 1. The first-order valence-corrected chi connectivity index (χ1v) is 7.94. The van der Waals surface area contributed by atoms with Gasteiger partial charge in [-0.25, -0.2) is 8.42 Å². The number of hydrogen-bond acceptors (Lipinski definition) is 3. The topological polar surface area (TPSA) is 60.2 Å². The van der Waals surface area contributed by atoms with E-state index in [0.29, 0.717) is 11.5 Å². The fourth-order valence-electron chi connectivity index (χ4n) is 2.24. The molecule has 0 radical (unpaired) electrons. The maximum atomic E-state index is 11.3. The molecule has 4 heteroatoms. The molecular weight excluding hydrogens is 222 g/mol. The summed E-state index contributed by atoms with van der Waals surface area (Å²) in [6, 6.07) is 0.0704. The van der Waals surface area contributed by atoms with E-state index in [4.69, 9.17) is 5.73 Å². The second kappa shape index (κ2) is 6.40. The molecule has 1 fully saturated rings. The van der Waals surface area contributed by atoms with Crippen molar-refractivity contribution in [2.75, 3.05) is 11.5 Å². The number of nitrogens with two attached hydrogens (primary N) is 1. The molecule has 16 heavy (non-hydrogen) atoms. The molecule has 0 aromatic heterocycles. The van der Waals surface area contributed by atoms with E-state index in [9.17, 15) is 8.42 Å². The maximum absolute atomic E-state index is 11.3. The van der Waals surface area contributed by atoms with Gasteiger partial charge in [0.2, 0.25) is 0 Å². The lowest BCUT2D eigenvalue weighted by Crippen LogP contribution is -2.30. The van der Waals surface area contributed by atoms with Crippen LogP contribution in [0.25, 0.3) is 0 Å². The van der Waals surface area contributed by atoms with Gasteiger partial charge in [-0.2, -0.15) is 0 Å². The van der Waals surface area contributed by atoms with E-state index in [1.54, 1.807) is 0 Å². The first kappa shape index (κ1) is 13.7. The molecular formula is C12H23NO2S. The maximum Gasteiger partial charge on any atom is 0.150 e. The standard InChI is InChI=1S/C12H23NO2S/c1-2-3-4-5-6-7-12(13)11-8-9-16(14,15)10-11/h2,11-12H,1,3-10,13H2. The Morgan fingerprint density at radius 1 is 1.38 bits per heavy atom. The Bertz CT molecular complexity index is 311. The van der Waals surface area contributed by atoms with E-state index in [1.165, 1.54) is 12.8 Å². The van der Waals surface area contributed by atoms with Gasteiger partial charge in [0.05, 0.1) is 11.5 Å². The van der Waals surface area contributed by atoms with E-state index >= 15 is 0 Å². The van der Waals surface area contributed by atoms with Crippen molar-refractivity contribution in [1.29, 1.82) is 0 Å². The van der Waals surface area contributed by atoms with Crippen molar-refractivity contribution in [2.24, 2.45) is 11.7 Å². The Labute approximate surface area is 99.0 Å². The average molecular weight is 245 g/mol. The molecule has 1 saturated heterocycles. The lowest BCUT2D eigenvalue weighted by Gasteiger charge is -2.17. The van der Waals surface area contributed by atoms with Gasteiger partial charge in [-0.15, -0.1) is 6.58 Å². The van der Waals surface area contributed by atoms with Crippen molar-refractivity contribution < 1.29 is 8.42 Å². The second-order valence-electron chi connectivity index (χ2n) is 4.75. The Hall–Kier alpha value is -0.350. The molecule has 1 heterocycles. The molecule has 0 spiro atoms. The minimum Gasteiger partial charge on any atom is -0.327 e. The molecule has 1 rings (SSSR count). The van der Waals surface area contributed by atoms with Gasteiger partial charge in [0.25, 0.3) is 0 Å². The van der Waals surface area contributed by atoms with Crippen molar-refractivity contribution in [2.45, 2.75) is 44.6 Å². The molecule has 0 amide bonds. The van der Waals surface area contributed by atoms with Crippen LogP contribution in [0.4, 0.5) is 0 Å². The number of hydrogen-bond donors (Lipinski definition) is 1. The predicted octanol–water partition coefficient (Wildman–Crippen LogP) is 1.88. The number of unbranched alkanes of at least 4 members (excludes halogenated alkanes) is 3. The number of allylic oxidation sites excluding steroid dienone is 1. The molecule has 94 valence electrons. The summed E-state index contributed by atoms with van der Waals surface area (Å²) in [7, 11) is -2.77. The number of rotatable bonds is 7. The molecule has 0 bridgehead atoms. The Kier molecular flexibility index (Phi) is 5.49. The zero-order valence-electron chi connectivity index (χ0n) is 9.90. The van der Waals surface area contributed by atoms with Gasteiger partial charge in [0.15, 0.2) is 9.84 Å². The Balaban J connectivity index is 2.16. The summed E-state index contributed by atoms with van der Waals surface area (Å²) in [5, 5.41) is 0. The molecule has 0 saturated carbocycles. The van der Waals surface area contributed by atoms with Gasteiger partial charge in [-0.1, -0.05) is 18.9 Å². The van der Waals surface area contributed by atoms with Crippen molar-refractivity contribution in [3.63, 3.8) is 0 Å². The average Bonchev–Trinajstić information content (AvgIpc) is 2.58. The third kappa shape index (κ3) is 4.66. The lowest BCUT2D eigenvalue weighted by molar-refractivity contribution is 0.422. The lowest BCUT2D eigenvalue weighted by atomic mass is 9.95. The van der Waals surface area contributed by atoms with Gasteiger partial charge in [0, 0.05) is 6.04 Å². The van der Waals surface area contributed by atoms with Crippen LogP contribution in [0.1, 0.15) is 38.5 Å². The molecule has 2 atom stereocenters. The van der Waals surface area contributed by atoms with Crippen LogP contribution >= 0.6 is 0 Å². The van der Waals surface area contributed by atoms with Crippen LogP contribution in [0.3, 0.4) is 0 Å². The highest BCUT2D eigenvalue weighted by Crippen LogP contribution is 2.23. The molecule has 2 unspecified atom stereocenters. The zero-order valence-corrected chi connectivity index (χ0v) is 10.7. The summed E-state index contributed by atoms with van der Waals surface area (Å²) in [5.41, 5.74) is 6.03. The molecule has 0 aromatic carbocycles. The van der Waals surface area contributed by atoms with Crippen LogP contribution in [-0.2, 0) is 9.84 Å². The van der Waals surface area contributed by atoms with E-state index in [0.717, 1.165) is 25.7 Å². The smallest absolute Gasteiger partial charge is 0.150 e. The van der Waals surface area contributed by atoms with Crippen molar-refractivity contribution in [3.8, 4) is 0 Å². The Morgan fingerprint density at radius 3 is 2.69 bits per heavy atom. The molecule has 3 nitrogen and oxygen atoms in total. The van der Waals surface area contributed by atoms with Gasteiger partial charge < -0.3 is 5.73 Å². The third-order valence-electron chi connectivity index (χ3n) is 3.32. The van der Waals surface area contributed by atoms with Crippen LogP contribution in [0, 0.1) is 5.92 Å². The molecule has 1 aliphatic rings. The summed E-state index contributed by atoms with van der Waals surface area (Å²) in [4.78, 5) is 0. The van der Waals surface area contributed by atoms with E-state index in [2.05, 4.69) is 6.58 Å². The minimum absolute atomic E-state index is 0.0704. The van der Waals surface area contributed by atoms with Crippen LogP contribution in [-0.4, -0.2) is 26.0 Å². The van der Waals surface area contributed by atoms with Gasteiger partial charge in [-0.05, 0) is 31.6 Å².